The zero-order chi connectivity index (χ0) is 23.5. The molecule has 0 atom stereocenters. The molecule has 0 N–H and O–H groups in total. The number of halogens is 3. The number of anilines is 1. The van der Waals surface area contributed by atoms with Crippen molar-refractivity contribution in [1.82, 2.24) is 0 Å². The van der Waals surface area contributed by atoms with Crippen molar-refractivity contribution < 1.29 is 31.2 Å². The summed E-state index contributed by atoms with van der Waals surface area (Å²) in [5.74, 6) is 0.445. The highest BCUT2D eigenvalue weighted by atomic mass is 32.2. The number of rotatable bonds is 7. The molecule has 3 aromatic carbocycles. The Labute approximate surface area is 181 Å². The molecule has 0 aliphatic rings. The van der Waals surface area contributed by atoms with Crippen molar-refractivity contribution in [2.24, 2.45) is 0 Å². The first kappa shape index (κ1) is 23.1. The Bertz CT molecular complexity index is 1230. The largest absolute Gasteiger partial charge is 0.497 e. The lowest BCUT2D eigenvalue weighted by molar-refractivity contribution is -0.385. The fourth-order valence-corrected chi connectivity index (χ4v) is 4.45. The Hall–Kier alpha value is -3.60. The van der Waals surface area contributed by atoms with Gasteiger partial charge in [0.1, 0.15) is 5.75 Å². The number of nitrogens with zero attached hydrogens (tertiary/aromatic N) is 2. The van der Waals surface area contributed by atoms with Crippen molar-refractivity contribution in [2.45, 2.75) is 17.6 Å². The number of benzene rings is 3. The van der Waals surface area contributed by atoms with Gasteiger partial charge in [-0.15, -0.1) is 0 Å². The van der Waals surface area contributed by atoms with Crippen LogP contribution in [0, 0.1) is 10.1 Å². The lowest BCUT2D eigenvalue weighted by Gasteiger charge is -2.25. The van der Waals surface area contributed by atoms with Gasteiger partial charge < -0.3 is 4.74 Å². The maximum absolute atomic E-state index is 13.4. The molecule has 0 fully saturated rings. The van der Waals surface area contributed by atoms with Gasteiger partial charge in [-0.05, 0) is 48.0 Å². The summed E-state index contributed by atoms with van der Waals surface area (Å²) in [5.41, 5.74) is -1.11. The van der Waals surface area contributed by atoms with E-state index in [2.05, 4.69) is 0 Å². The predicted molar refractivity (Wildman–Crippen MR) is 111 cm³/mol. The van der Waals surface area contributed by atoms with Gasteiger partial charge in [0, 0.05) is 12.1 Å². The minimum atomic E-state index is -4.60. The molecule has 0 unspecified atom stereocenters. The van der Waals surface area contributed by atoms with Crippen LogP contribution in [0.3, 0.4) is 0 Å². The van der Waals surface area contributed by atoms with E-state index < -0.39 is 38.9 Å². The van der Waals surface area contributed by atoms with E-state index in [0.29, 0.717) is 5.75 Å². The highest BCUT2D eigenvalue weighted by Crippen LogP contribution is 2.32. The number of non-ortho nitro benzene ring substituents is 1. The fraction of sp³-hybridized carbons (Fsp3) is 0.143. The second-order valence-electron chi connectivity index (χ2n) is 6.66. The van der Waals surface area contributed by atoms with Gasteiger partial charge in [0.15, 0.2) is 0 Å². The van der Waals surface area contributed by atoms with Crippen molar-refractivity contribution >= 4 is 21.4 Å². The van der Waals surface area contributed by atoms with Crippen molar-refractivity contribution in [3.05, 3.63) is 94.0 Å². The summed E-state index contributed by atoms with van der Waals surface area (Å²) < 4.78 is 72.1. The van der Waals surface area contributed by atoms with E-state index in [1.807, 2.05) is 0 Å². The summed E-state index contributed by atoms with van der Waals surface area (Å²) in [4.78, 5) is 9.99. The van der Waals surface area contributed by atoms with Crippen LogP contribution >= 0.6 is 0 Å². The third-order valence-electron chi connectivity index (χ3n) is 4.56. The quantitative estimate of drug-likeness (QED) is 0.360. The number of nitro groups is 1. The summed E-state index contributed by atoms with van der Waals surface area (Å²) in [6.45, 7) is -0.429. The highest BCUT2D eigenvalue weighted by molar-refractivity contribution is 7.92. The van der Waals surface area contributed by atoms with E-state index in [-0.39, 0.29) is 16.1 Å². The molecule has 3 aromatic rings. The molecular formula is C21H17F3N2O5S. The van der Waals surface area contributed by atoms with Crippen LogP contribution in [0.15, 0.2) is 77.7 Å². The standard InChI is InChI=1S/C21H17F3N2O5S/c1-31-19-10-8-17(9-11-19)25(14-15-4-2-5-16(12-15)21(22,23)24)32(29,30)20-7-3-6-18(13-20)26(27)28/h2-13H,14H2,1H3. The van der Waals surface area contributed by atoms with Gasteiger partial charge in [-0.3, -0.25) is 14.4 Å². The van der Waals surface area contributed by atoms with E-state index in [0.717, 1.165) is 28.6 Å². The van der Waals surface area contributed by atoms with Gasteiger partial charge in [0.2, 0.25) is 0 Å². The van der Waals surface area contributed by atoms with Crippen molar-refractivity contribution in [3.8, 4) is 5.75 Å². The second-order valence-corrected chi connectivity index (χ2v) is 8.52. The molecule has 3 rings (SSSR count). The normalized spacial score (nSPS) is 11.8. The first-order valence-corrected chi connectivity index (χ1v) is 10.5. The Morgan fingerprint density at radius 3 is 2.25 bits per heavy atom. The van der Waals surface area contributed by atoms with E-state index in [1.165, 1.54) is 55.6 Å². The third kappa shape index (κ3) is 4.99. The van der Waals surface area contributed by atoms with Gasteiger partial charge >= 0.3 is 6.18 Å². The van der Waals surface area contributed by atoms with Gasteiger partial charge in [0.25, 0.3) is 15.7 Å². The molecule has 11 heteroatoms. The van der Waals surface area contributed by atoms with Crippen LogP contribution < -0.4 is 9.04 Å². The van der Waals surface area contributed by atoms with Gasteiger partial charge in [-0.25, -0.2) is 8.42 Å². The smallest absolute Gasteiger partial charge is 0.416 e. The van der Waals surface area contributed by atoms with E-state index in [4.69, 9.17) is 4.74 Å². The van der Waals surface area contributed by atoms with Gasteiger partial charge in [-0.2, -0.15) is 13.2 Å². The summed E-state index contributed by atoms with van der Waals surface area (Å²) >= 11 is 0. The number of methoxy groups -OCH3 is 1. The highest BCUT2D eigenvalue weighted by Gasteiger charge is 2.31. The van der Waals surface area contributed by atoms with Crippen molar-refractivity contribution in [1.29, 1.82) is 0 Å². The average molecular weight is 466 g/mol. The summed E-state index contributed by atoms with van der Waals surface area (Å²) in [7, 11) is -2.94. The number of hydrogen-bond acceptors (Lipinski definition) is 5. The molecule has 0 aromatic heterocycles. The Balaban J connectivity index is 2.10. The molecule has 0 aliphatic heterocycles. The van der Waals surface area contributed by atoms with Crippen LogP contribution in [-0.4, -0.2) is 20.5 Å². The molecule has 168 valence electrons. The van der Waals surface area contributed by atoms with Crippen molar-refractivity contribution in [2.75, 3.05) is 11.4 Å². The average Bonchev–Trinajstić information content (AvgIpc) is 2.77. The fourth-order valence-electron chi connectivity index (χ4n) is 2.96. The first-order chi connectivity index (χ1) is 15.0. The monoisotopic (exact) mass is 466 g/mol. The van der Waals surface area contributed by atoms with E-state index in [1.54, 1.807) is 0 Å². The molecule has 7 nitrogen and oxygen atoms in total. The molecular weight excluding hydrogens is 449 g/mol. The van der Waals surface area contributed by atoms with Crippen LogP contribution in [0.25, 0.3) is 0 Å². The molecule has 0 aliphatic carbocycles. The van der Waals surface area contributed by atoms with Crippen LogP contribution in [-0.2, 0) is 22.7 Å². The molecule has 0 heterocycles. The number of ether oxygens (including phenoxy) is 1. The minimum absolute atomic E-state index is 0.0876. The zero-order valence-corrected chi connectivity index (χ0v) is 17.4. The Morgan fingerprint density at radius 1 is 1.00 bits per heavy atom. The lowest BCUT2D eigenvalue weighted by Crippen LogP contribution is -2.30. The molecule has 0 bridgehead atoms. The molecule has 0 radical (unpaired) electrons. The van der Waals surface area contributed by atoms with Gasteiger partial charge in [-0.1, -0.05) is 18.2 Å². The molecule has 32 heavy (non-hydrogen) atoms. The predicted octanol–water partition coefficient (Wildman–Crippen LogP) is 5.02. The Morgan fingerprint density at radius 2 is 1.66 bits per heavy atom. The summed E-state index contributed by atoms with van der Waals surface area (Å²) in [6, 6.07) is 14.6. The lowest BCUT2D eigenvalue weighted by atomic mass is 10.1. The van der Waals surface area contributed by atoms with Crippen LogP contribution in [0.1, 0.15) is 11.1 Å². The van der Waals surface area contributed by atoms with E-state index in [9.17, 15) is 31.7 Å². The molecule has 0 spiro atoms. The maximum atomic E-state index is 13.4. The maximum Gasteiger partial charge on any atom is 0.416 e. The molecule has 0 amide bonds. The number of sulfonamides is 1. The number of hydrogen-bond donors (Lipinski definition) is 0. The van der Waals surface area contributed by atoms with Crippen LogP contribution in [0.5, 0.6) is 5.75 Å². The van der Waals surface area contributed by atoms with Crippen LogP contribution in [0.4, 0.5) is 24.5 Å². The van der Waals surface area contributed by atoms with Crippen LogP contribution in [0.2, 0.25) is 0 Å². The Kier molecular flexibility index (Phi) is 6.40. The van der Waals surface area contributed by atoms with Gasteiger partial charge in [0.05, 0.1) is 34.7 Å². The number of alkyl halides is 3. The molecule has 0 saturated carbocycles. The SMILES string of the molecule is COc1ccc(N(Cc2cccc(C(F)(F)F)c2)S(=O)(=O)c2cccc([N+](=O)[O-])c2)cc1. The summed E-state index contributed by atoms with van der Waals surface area (Å²) in [6.07, 6.45) is -4.60. The topological polar surface area (TPSA) is 89.8 Å². The molecule has 0 saturated heterocycles. The number of nitro benzene ring substituents is 1. The first-order valence-electron chi connectivity index (χ1n) is 9.10. The zero-order valence-electron chi connectivity index (χ0n) is 16.6. The minimum Gasteiger partial charge on any atom is -0.497 e. The third-order valence-corrected chi connectivity index (χ3v) is 6.33. The van der Waals surface area contributed by atoms with Crippen molar-refractivity contribution in [3.63, 3.8) is 0 Å². The second kappa shape index (κ2) is 8.87. The summed E-state index contributed by atoms with van der Waals surface area (Å²) in [5, 5.41) is 11.1. The van der Waals surface area contributed by atoms with E-state index >= 15 is 0 Å².